The third-order valence-electron chi connectivity index (χ3n) is 5.81. The van der Waals surface area contributed by atoms with Crippen LogP contribution in [-0.4, -0.2) is 24.6 Å². The summed E-state index contributed by atoms with van der Waals surface area (Å²) < 4.78 is 10.9. The zero-order valence-corrected chi connectivity index (χ0v) is 13.6. The van der Waals surface area contributed by atoms with Crippen LogP contribution in [0.2, 0.25) is 0 Å². The fraction of sp³-hybridized carbons (Fsp3) is 0.667. The smallest absolute Gasteiger partial charge is 0.313 e. The van der Waals surface area contributed by atoms with Gasteiger partial charge in [-0.2, -0.15) is 0 Å². The first-order chi connectivity index (χ1) is 10.3. The molecule has 2 fully saturated rings. The van der Waals surface area contributed by atoms with Crippen molar-refractivity contribution in [1.82, 2.24) is 0 Å². The molecule has 1 heterocycles. The van der Waals surface area contributed by atoms with Crippen LogP contribution in [0.3, 0.4) is 0 Å². The van der Waals surface area contributed by atoms with E-state index in [4.69, 9.17) is 9.47 Å². The zero-order valence-electron chi connectivity index (χ0n) is 13.6. The highest BCUT2D eigenvalue weighted by atomic mass is 16.5. The van der Waals surface area contributed by atoms with E-state index in [1.165, 1.54) is 23.6 Å². The third-order valence-corrected chi connectivity index (χ3v) is 5.81. The predicted octanol–water partition coefficient (Wildman–Crippen LogP) is 3.17. The van der Waals surface area contributed by atoms with Crippen molar-refractivity contribution in [3.63, 3.8) is 0 Å². The number of allylic oxidation sites excluding steroid dienone is 1. The Kier molecular flexibility index (Phi) is 3.66. The highest BCUT2D eigenvalue weighted by molar-refractivity contribution is 5.78. The van der Waals surface area contributed by atoms with Gasteiger partial charge in [0.2, 0.25) is 0 Å². The first-order valence-corrected chi connectivity index (χ1v) is 8.03. The molecule has 2 saturated carbocycles. The van der Waals surface area contributed by atoms with Gasteiger partial charge in [0, 0.05) is 12.3 Å². The molecule has 4 nitrogen and oxygen atoms in total. The molecule has 0 amide bonds. The molecule has 0 aromatic heterocycles. The molecular weight excluding hydrogens is 280 g/mol. The van der Waals surface area contributed by atoms with E-state index in [1.54, 1.807) is 0 Å². The Morgan fingerprint density at radius 1 is 1.45 bits per heavy atom. The SMILES string of the molecule is C=C1CCC(OC(C)=O)C2(C)CC3C(=O)OCC(C)=C3CC12. The molecule has 0 spiro atoms. The number of fused-ring (bicyclic) bond motifs is 2. The molecule has 0 aromatic carbocycles. The summed E-state index contributed by atoms with van der Waals surface area (Å²) in [5, 5.41) is 0. The summed E-state index contributed by atoms with van der Waals surface area (Å²) in [6.07, 6.45) is 3.07. The van der Waals surface area contributed by atoms with Crippen molar-refractivity contribution in [1.29, 1.82) is 0 Å². The van der Waals surface area contributed by atoms with Gasteiger partial charge >= 0.3 is 11.9 Å². The maximum Gasteiger partial charge on any atom is 0.313 e. The Morgan fingerprint density at radius 2 is 2.18 bits per heavy atom. The van der Waals surface area contributed by atoms with E-state index in [9.17, 15) is 9.59 Å². The second-order valence-corrected chi connectivity index (χ2v) is 7.23. The maximum atomic E-state index is 12.2. The molecule has 0 radical (unpaired) electrons. The van der Waals surface area contributed by atoms with Gasteiger partial charge in [-0.1, -0.05) is 24.6 Å². The first kappa shape index (κ1) is 15.3. The van der Waals surface area contributed by atoms with Crippen molar-refractivity contribution in [3.8, 4) is 0 Å². The van der Waals surface area contributed by atoms with Crippen LogP contribution in [0.4, 0.5) is 0 Å². The zero-order chi connectivity index (χ0) is 16.1. The lowest BCUT2D eigenvalue weighted by atomic mass is 9.53. The van der Waals surface area contributed by atoms with Crippen LogP contribution >= 0.6 is 0 Å². The standard InChI is InChI=1S/C18H24O4/c1-10-5-6-16(22-12(3)19)18(4)8-14-13(7-15(10)18)11(2)9-21-17(14)20/h14-16H,1,5-9H2,2-4H3. The Bertz CT molecular complexity index is 574. The molecule has 0 saturated heterocycles. The van der Waals surface area contributed by atoms with E-state index in [2.05, 4.69) is 13.5 Å². The van der Waals surface area contributed by atoms with Crippen LogP contribution in [0.15, 0.2) is 23.3 Å². The number of ether oxygens (including phenoxy) is 2. The molecular formula is C18H24O4. The number of rotatable bonds is 1. The van der Waals surface area contributed by atoms with Gasteiger partial charge in [-0.25, -0.2) is 0 Å². The highest BCUT2D eigenvalue weighted by Gasteiger charge is 2.54. The molecule has 1 aliphatic heterocycles. The Morgan fingerprint density at radius 3 is 2.86 bits per heavy atom. The van der Waals surface area contributed by atoms with Gasteiger partial charge in [-0.05, 0) is 44.1 Å². The van der Waals surface area contributed by atoms with Gasteiger partial charge in [0.05, 0.1) is 5.92 Å². The van der Waals surface area contributed by atoms with Crippen molar-refractivity contribution in [2.24, 2.45) is 17.3 Å². The van der Waals surface area contributed by atoms with Crippen LogP contribution in [0.1, 0.15) is 46.5 Å². The quantitative estimate of drug-likeness (QED) is 0.551. The molecule has 22 heavy (non-hydrogen) atoms. The number of hydrogen-bond donors (Lipinski definition) is 0. The number of cyclic esters (lactones) is 1. The number of hydrogen-bond acceptors (Lipinski definition) is 4. The minimum Gasteiger partial charge on any atom is -0.462 e. The van der Waals surface area contributed by atoms with Gasteiger partial charge < -0.3 is 9.47 Å². The molecule has 0 N–H and O–H groups in total. The molecule has 3 aliphatic rings. The van der Waals surface area contributed by atoms with E-state index in [1.807, 2.05) is 6.92 Å². The van der Waals surface area contributed by atoms with Crippen molar-refractivity contribution < 1.29 is 19.1 Å². The minimum atomic E-state index is -0.249. The van der Waals surface area contributed by atoms with Gasteiger partial charge in [0.15, 0.2) is 0 Å². The van der Waals surface area contributed by atoms with Gasteiger partial charge in [-0.15, -0.1) is 0 Å². The second-order valence-electron chi connectivity index (χ2n) is 7.23. The van der Waals surface area contributed by atoms with Gasteiger partial charge in [-0.3, -0.25) is 9.59 Å². The third kappa shape index (κ3) is 2.29. The average molecular weight is 304 g/mol. The average Bonchev–Trinajstić information content (AvgIpc) is 2.45. The molecule has 4 atom stereocenters. The van der Waals surface area contributed by atoms with E-state index in [0.717, 1.165) is 19.3 Å². The molecule has 120 valence electrons. The first-order valence-electron chi connectivity index (χ1n) is 8.03. The highest BCUT2D eigenvalue weighted by Crippen LogP contribution is 2.57. The van der Waals surface area contributed by atoms with Crippen molar-refractivity contribution >= 4 is 11.9 Å². The largest absolute Gasteiger partial charge is 0.462 e. The monoisotopic (exact) mass is 304 g/mol. The van der Waals surface area contributed by atoms with E-state index in [0.29, 0.717) is 13.0 Å². The van der Waals surface area contributed by atoms with Gasteiger partial charge in [0.25, 0.3) is 0 Å². The van der Waals surface area contributed by atoms with E-state index in [-0.39, 0.29) is 35.3 Å². The number of carbonyl (C=O) groups is 2. The summed E-state index contributed by atoms with van der Waals surface area (Å²) in [5.74, 6) is -0.282. The molecule has 0 bridgehead atoms. The molecule has 3 rings (SSSR count). The summed E-state index contributed by atoms with van der Waals surface area (Å²) in [5.41, 5.74) is 3.40. The molecule has 2 aliphatic carbocycles. The Hall–Kier alpha value is -1.58. The summed E-state index contributed by atoms with van der Waals surface area (Å²) in [6.45, 7) is 10.3. The fourth-order valence-corrected chi connectivity index (χ4v) is 4.55. The van der Waals surface area contributed by atoms with Crippen molar-refractivity contribution in [3.05, 3.63) is 23.3 Å². The van der Waals surface area contributed by atoms with Crippen LogP contribution in [0, 0.1) is 17.3 Å². The van der Waals surface area contributed by atoms with Crippen LogP contribution in [-0.2, 0) is 19.1 Å². The van der Waals surface area contributed by atoms with Crippen LogP contribution in [0.25, 0.3) is 0 Å². The lowest BCUT2D eigenvalue weighted by Gasteiger charge is -2.53. The normalized spacial score (nSPS) is 38.0. The van der Waals surface area contributed by atoms with Crippen molar-refractivity contribution in [2.45, 2.75) is 52.6 Å². The van der Waals surface area contributed by atoms with Crippen LogP contribution < -0.4 is 0 Å². The minimum absolute atomic E-state index is 0.127. The second kappa shape index (κ2) is 5.25. The Labute approximate surface area is 131 Å². The lowest BCUT2D eigenvalue weighted by molar-refractivity contribution is -0.164. The molecule has 4 unspecified atom stereocenters. The summed E-state index contributed by atoms with van der Waals surface area (Å²) >= 11 is 0. The van der Waals surface area contributed by atoms with E-state index >= 15 is 0 Å². The fourth-order valence-electron chi connectivity index (χ4n) is 4.55. The van der Waals surface area contributed by atoms with Gasteiger partial charge in [0.1, 0.15) is 12.7 Å². The maximum absolute atomic E-state index is 12.2. The molecule has 0 aromatic rings. The Balaban J connectivity index is 1.98. The number of carbonyl (C=O) groups excluding carboxylic acids is 2. The predicted molar refractivity (Wildman–Crippen MR) is 81.9 cm³/mol. The van der Waals surface area contributed by atoms with Crippen LogP contribution in [0.5, 0.6) is 0 Å². The summed E-state index contributed by atoms with van der Waals surface area (Å²) in [7, 11) is 0. The van der Waals surface area contributed by atoms with Crippen molar-refractivity contribution in [2.75, 3.05) is 6.61 Å². The number of esters is 2. The van der Waals surface area contributed by atoms with E-state index < -0.39 is 0 Å². The summed E-state index contributed by atoms with van der Waals surface area (Å²) in [6, 6.07) is 0. The lowest BCUT2D eigenvalue weighted by Crippen LogP contribution is -2.51. The molecule has 4 heteroatoms. The topological polar surface area (TPSA) is 52.6 Å². The summed E-state index contributed by atoms with van der Waals surface area (Å²) in [4.78, 5) is 23.7.